The summed E-state index contributed by atoms with van der Waals surface area (Å²) in [5.74, 6) is -5.79. The molecule has 0 aromatic heterocycles. The Morgan fingerprint density at radius 3 is 2.19 bits per heavy atom. The Hall–Kier alpha value is -2.63. The zero-order valence-electron chi connectivity index (χ0n) is 15.0. The number of ketones is 1. The summed E-state index contributed by atoms with van der Waals surface area (Å²) in [6.45, 7) is 4.24. The summed E-state index contributed by atoms with van der Waals surface area (Å²) >= 11 is 0. The number of carbonyl (C=O) groups excluding carboxylic acids is 1. The average Bonchev–Trinajstić information content (AvgIpc) is 2.57. The maximum Gasteiger partial charge on any atom is 0.315 e. The highest BCUT2D eigenvalue weighted by Crippen LogP contribution is 2.41. The highest BCUT2D eigenvalue weighted by Gasteiger charge is 2.46. The molecule has 1 aliphatic rings. The van der Waals surface area contributed by atoms with Crippen molar-refractivity contribution in [2.75, 3.05) is 6.61 Å². The van der Waals surface area contributed by atoms with E-state index in [1.54, 1.807) is 31.2 Å². The van der Waals surface area contributed by atoms with Crippen LogP contribution in [0.2, 0.25) is 0 Å². The van der Waals surface area contributed by atoms with Crippen LogP contribution in [0.5, 0.6) is 5.75 Å². The average molecular weight is 360 g/mol. The van der Waals surface area contributed by atoms with Crippen molar-refractivity contribution in [3.8, 4) is 5.75 Å². The maximum atomic E-state index is 12.2. The van der Waals surface area contributed by atoms with Gasteiger partial charge >= 0.3 is 11.9 Å². The number of rotatable bonds is 8. The molecule has 1 aliphatic carbocycles. The first-order chi connectivity index (χ1) is 12.4. The van der Waals surface area contributed by atoms with Gasteiger partial charge in [-0.2, -0.15) is 0 Å². The van der Waals surface area contributed by atoms with Gasteiger partial charge in [0.2, 0.25) is 0 Å². The molecule has 0 spiro atoms. The summed E-state index contributed by atoms with van der Waals surface area (Å²) in [7, 11) is 0. The lowest BCUT2D eigenvalue weighted by Gasteiger charge is -2.32. The van der Waals surface area contributed by atoms with Crippen molar-refractivity contribution in [1.82, 2.24) is 0 Å². The minimum atomic E-state index is -1.41. The Morgan fingerprint density at radius 2 is 1.65 bits per heavy atom. The van der Waals surface area contributed by atoms with E-state index in [2.05, 4.69) is 6.92 Å². The number of carboxylic acid groups (broad SMARTS) is 2. The molecule has 0 bridgehead atoms. The maximum absolute atomic E-state index is 12.2. The van der Waals surface area contributed by atoms with E-state index in [0.717, 1.165) is 25.3 Å². The van der Waals surface area contributed by atoms with Crippen LogP contribution in [0.3, 0.4) is 0 Å². The van der Waals surface area contributed by atoms with E-state index in [1.165, 1.54) is 0 Å². The fourth-order valence-electron chi connectivity index (χ4n) is 3.39. The zero-order chi connectivity index (χ0) is 19.3. The van der Waals surface area contributed by atoms with E-state index >= 15 is 0 Å². The van der Waals surface area contributed by atoms with Crippen molar-refractivity contribution in [2.24, 2.45) is 11.8 Å². The molecule has 26 heavy (non-hydrogen) atoms. The number of hydrogen-bond acceptors (Lipinski definition) is 4. The zero-order valence-corrected chi connectivity index (χ0v) is 15.0. The number of ether oxygens (including phenoxy) is 1. The Labute approximate surface area is 152 Å². The third kappa shape index (κ3) is 4.31. The van der Waals surface area contributed by atoms with Gasteiger partial charge in [-0.1, -0.05) is 37.5 Å². The van der Waals surface area contributed by atoms with Crippen molar-refractivity contribution in [3.63, 3.8) is 0 Å². The third-order valence-corrected chi connectivity index (χ3v) is 4.70. The Balaban J connectivity index is 2.29. The van der Waals surface area contributed by atoms with Crippen LogP contribution in [0.25, 0.3) is 0 Å². The van der Waals surface area contributed by atoms with E-state index in [9.17, 15) is 24.6 Å². The Morgan fingerprint density at radius 1 is 1.04 bits per heavy atom. The lowest BCUT2D eigenvalue weighted by molar-refractivity contribution is -0.149. The molecule has 6 nitrogen and oxygen atoms in total. The van der Waals surface area contributed by atoms with Crippen LogP contribution in [0.1, 0.15) is 44.6 Å². The first kappa shape index (κ1) is 19.7. The molecule has 3 unspecified atom stereocenters. The van der Waals surface area contributed by atoms with E-state index in [4.69, 9.17) is 4.74 Å². The number of allylic oxidation sites excluding steroid dienone is 1. The second-order valence-corrected chi connectivity index (χ2v) is 6.57. The van der Waals surface area contributed by atoms with Crippen LogP contribution in [0.15, 0.2) is 35.9 Å². The van der Waals surface area contributed by atoms with E-state index in [1.807, 2.05) is 0 Å². The summed E-state index contributed by atoms with van der Waals surface area (Å²) in [6.07, 6.45) is 4.26. The molecule has 2 N–H and O–H groups in total. The summed E-state index contributed by atoms with van der Waals surface area (Å²) in [5.41, 5.74) is 0.872. The lowest BCUT2D eigenvalue weighted by atomic mass is 9.68. The van der Waals surface area contributed by atoms with Crippen molar-refractivity contribution in [1.29, 1.82) is 0 Å². The second-order valence-electron chi connectivity index (χ2n) is 6.57. The number of benzene rings is 1. The van der Waals surface area contributed by atoms with Crippen LogP contribution in [0, 0.1) is 11.8 Å². The van der Waals surface area contributed by atoms with Crippen molar-refractivity contribution in [3.05, 3.63) is 41.5 Å². The summed E-state index contributed by atoms with van der Waals surface area (Å²) in [4.78, 5) is 35.5. The fraction of sp³-hybridized carbons (Fsp3) is 0.450. The minimum absolute atomic E-state index is 0.366. The van der Waals surface area contributed by atoms with Gasteiger partial charge in [0.05, 0.1) is 12.5 Å². The van der Waals surface area contributed by atoms with Gasteiger partial charge in [0.1, 0.15) is 11.7 Å². The standard InChI is InChI=1S/C20H24O6/c1-3-4-5-10-26-14-8-6-13(7-9-14)17-16(19(22)23)12(2)11-15(21)18(17)20(24)25/h6-9,11,16-18H,3-5,10H2,1-2H3,(H,22,23)(H,24,25). The van der Waals surface area contributed by atoms with Crippen molar-refractivity contribution in [2.45, 2.75) is 39.0 Å². The molecule has 3 atom stereocenters. The molecule has 0 radical (unpaired) electrons. The van der Waals surface area contributed by atoms with Crippen molar-refractivity contribution >= 4 is 17.7 Å². The molecule has 0 aliphatic heterocycles. The predicted molar refractivity (Wildman–Crippen MR) is 95.2 cm³/mol. The van der Waals surface area contributed by atoms with Gasteiger partial charge in [0, 0.05) is 5.92 Å². The molecular weight excluding hydrogens is 336 g/mol. The van der Waals surface area contributed by atoms with E-state index in [-0.39, 0.29) is 0 Å². The molecule has 1 aromatic carbocycles. The number of carboxylic acids is 2. The molecular formula is C20H24O6. The first-order valence-corrected chi connectivity index (χ1v) is 8.77. The van der Waals surface area contributed by atoms with Gasteiger partial charge in [-0.05, 0) is 37.1 Å². The molecule has 0 saturated carbocycles. The number of hydrogen-bond donors (Lipinski definition) is 2. The number of carbonyl (C=O) groups is 3. The SMILES string of the molecule is CCCCCOc1ccc(C2C(C(=O)O)C(=O)C=C(C)C2C(=O)O)cc1. The van der Waals surface area contributed by atoms with Gasteiger partial charge in [-0.25, -0.2) is 0 Å². The summed E-state index contributed by atoms with van der Waals surface area (Å²) in [5, 5.41) is 19.1. The van der Waals surface area contributed by atoms with Gasteiger partial charge in [-0.3, -0.25) is 14.4 Å². The fourth-order valence-corrected chi connectivity index (χ4v) is 3.39. The van der Waals surface area contributed by atoms with Gasteiger partial charge in [0.15, 0.2) is 5.78 Å². The first-order valence-electron chi connectivity index (χ1n) is 8.77. The van der Waals surface area contributed by atoms with Crippen LogP contribution in [-0.4, -0.2) is 34.5 Å². The molecule has 1 aromatic rings. The van der Waals surface area contributed by atoms with Gasteiger partial charge in [-0.15, -0.1) is 0 Å². The molecule has 0 amide bonds. The second kappa shape index (κ2) is 8.65. The Bertz CT molecular complexity index is 704. The lowest BCUT2D eigenvalue weighted by Crippen LogP contribution is -2.40. The van der Waals surface area contributed by atoms with Crippen LogP contribution in [-0.2, 0) is 14.4 Å². The monoisotopic (exact) mass is 360 g/mol. The van der Waals surface area contributed by atoms with E-state index < -0.39 is 35.5 Å². The third-order valence-electron chi connectivity index (χ3n) is 4.70. The van der Waals surface area contributed by atoms with E-state index in [0.29, 0.717) is 23.5 Å². The van der Waals surface area contributed by atoms with Crippen LogP contribution < -0.4 is 4.74 Å². The van der Waals surface area contributed by atoms with Gasteiger partial charge in [0.25, 0.3) is 0 Å². The largest absolute Gasteiger partial charge is 0.494 e. The quantitative estimate of drug-likeness (QED) is 0.545. The van der Waals surface area contributed by atoms with Gasteiger partial charge < -0.3 is 14.9 Å². The summed E-state index contributed by atoms with van der Waals surface area (Å²) in [6, 6.07) is 6.68. The van der Waals surface area contributed by atoms with Crippen LogP contribution in [0.4, 0.5) is 0 Å². The summed E-state index contributed by atoms with van der Waals surface area (Å²) < 4.78 is 5.63. The highest BCUT2D eigenvalue weighted by atomic mass is 16.5. The molecule has 0 heterocycles. The molecule has 0 fully saturated rings. The number of aliphatic carboxylic acids is 2. The molecule has 6 heteroatoms. The molecule has 2 rings (SSSR count). The number of unbranched alkanes of at least 4 members (excludes halogenated alkanes) is 2. The Kier molecular flexibility index (Phi) is 6.55. The molecule has 0 saturated heterocycles. The van der Waals surface area contributed by atoms with Crippen LogP contribution >= 0.6 is 0 Å². The predicted octanol–water partition coefficient (Wildman–Crippen LogP) is 3.27. The normalized spacial score (nSPS) is 22.6. The minimum Gasteiger partial charge on any atom is -0.494 e. The molecule has 140 valence electrons. The highest BCUT2D eigenvalue weighted by molar-refractivity contribution is 6.07. The van der Waals surface area contributed by atoms with Crippen molar-refractivity contribution < 1.29 is 29.3 Å². The smallest absolute Gasteiger partial charge is 0.315 e. The topological polar surface area (TPSA) is 101 Å².